The lowest BCUT2D eigenvalue weighted by Gasteiger charge is -2.28. The van der Waals surface area contributed by atoms with Crippen molar-refractivity contribution in [3.05, 3.63) is 33.2 Å². The number of H-pyrrole nitrogens is 1. The lowest BCUT2D eigenvalue weighted by atomic mass is 9.91. The van der Waals surface area contributed by atoms with Crippen molar-refractivity contribution in [1.29, 1.82) is 5.26 Å². The number of aromatic nitrogens is 1. The van der Waals surface area contributed by atoms with E-state index >= 15 is 0 Å². The molecule has 2 atom stereocenters. The Morgan fingerprint density at radius 1 is 1.18 bits per heavy atom. The van der Waals surface area contributed by atoms with Crippen LogP contribution in [0.2, 0.25) is 0 Å². The van der Waals surface area contributed by atoms with Gasteiger partial charge >= 0.3 is 12.1 Å². The van der Waals surface area contributed by atoms with E-state index < -0.39 is 12.1 Å². The summed E-state index contributed by atoms with van der Waals surface area (Å²) in [6.07, 6.45) is -1.97. The van der Waals surface area contributed by atoms with Crippen LogP contribution in [0.4, 0.5) is 13.2 Å². The van der Waals surface area contributed by atoms with Crippen molar-refractivity contribution in [1.82, 2.24) is 20.1 Å². The molecule has 1 aromatic heterocycles. The van der Waals surface area contributed by atoms with Gasteiger partial charge in [-0.1, -0.05) is 34.6 Å². The van der Waals surface area contributed by atoms with Gasteiger partial charge in [-0.15, -0.1) is 0 Å². The molecule has 1 unspecified atom stereocenters. The Labute approximate surface area is 257 Å². The second kappa shape index (κ2) is 18.2. The number of likely N-dealkylation sites (N-methyl/N-ethyl adjacent to an activating group) is 1. The van der Waals surface area contributed by atoms with E-state index in [-0.39, 0.29) is 22.9 Å². The fourth-order valence-electron chi connectivity index (χ4n) is 4.53. The zero-order chi connectivity index (χ0) is 34.4. The minimum absolute atomic E-state index is 0.0357. The molecule has 0 spiro atoms. The number of halogens is 3. The molecule has 0 radical (unpaired) electrons. The molecule has 0 aliphatic carbocycles. The molecule has 1 saturated heterocycles. The Bertz CT molecular complexity index is 1200. The largest absolute Gasteiger partial charge is 0.470 e. The smallest absolute Gasteiger partial charge is 0.362 e. The number of nitrogens with one attached hydrogen (secondary N) is 2. The van der Waals surface area contributed by atoms with E-state index in [9.17, 15) is 27.6 Å². The Hall–Kier alpha value is -3.73. The van der Waals surface area contributed by atoms with E-state index in [2.05, 4.69) is 61.6 Å². The third kappa shape index (κ3) is 14.2. The van der Waals surface area contributed by atoms with E-state index in [0.29, 0.717) is 55.7 Å². The van der Waals surface area contributed by atoms with Crippen LogP contribution in [0.1, 0.15) is 71.2 Å². The Morgan fingerprint density at radius 2 is 1.75 bits per heavy atom. The van der Waals surface area contributed by atoms with E-state index in [4.69, 9.17) is 14.9 Å². The number of amides is 3. The molecule has 2 aliphatic heterocycles. The van der Waals surface area contributed by atoms with E-state index in [1.165, 1.54) is 6.42 Å². The number of aromatic amines is 1. The molecule has 4 N–H and O–H groups in total. The average molecular weight is 629 g/mol. The van der Waals surface area contributed by atoms with Gasteiger partial charge in [-0.05, 0) is 42.3 Å². The van der Waals surface area contributed by atoms with Gasteiger partial charge in [0.15, 0.2) is 0 Å². The second-order valence-corrected chi connectivity index (χ2v) is 12.2. The molecule has 0 aromatic carbocycles. The predicted octanol–water partition coefficient (Wildman–Crippen LogP) is 2.71. The quantitative estimate of drug-likeness (QED) is 0.450. The highest BCUT2D eigenvalue weighted by atomic mass is 19.4. The Morgan fingerprint density at radius 3 is 2.16 bits per heavy atom. The zero-order valence-corrected chi connectivity index (χ0v) is 26.8. The molecule has 3 rings (SSSR count). The molecule has 1 aromatic rings. The van der Waals surface area contributed by atoms with Gasteiger partial charge in [0, 0.05) is 63.6 Å². The Kier molecular flexibility index (Phi) is 16.6. The maximum atomic E-state index is 12.0. The molecule has 2 aliphatic rings. The van der Waals surface area contributed by atoms with Crippen LogP contribution in [0.15, 0.2) is 10.9 Å². The van der Waals surface area contributed by atoms with Gasteiger partial charge in [-0.25, -0.2) is 0 Å². The van der Waals surface area contributed by atoms with Crippen LogP contribution in [0.3, 0.4) is 0 Å². The summed E-state index contributed by atoms with van der Waals surface area (Å²) in [5.74, 6) is -0.460. The van der Waals surface area contributed by atoms with Crippen molar-refractivity contribution in [2.75, 3.05) is 26.7 Å². The summed E-state index contributed by atoms with van der Waals surface area (Å²) in [4.78, 5) is 59.2. The van der Waals surface area contributed by atoms with Crippen LogP contribution in [-0.4, -0.2) is 78.2 Å². The maximum absolute atomic E-state index is 12.0. The lowest BCUT2D eigenvalue weighted by Crippen LogP contribution is -2.36. The standard InChI is InChI=1S/C14H18N4O2.C13H25NO.C2H2F3NO.CH2O/c1-9(19)18-4-3-13-11(8-18)5-10(14(20)17-13)6-12(7-15)16-2;1-10(2)11-6-7-14(9-11)12(15)8-13(3,4)5;3-2(4,5)1(6)7;1-2/h5,12,16H,3-4,6,8H2,1-2H3,(H,17,20);10-11H,6-9H2,1-5H3;(H2,6,7);1H2/t;11-;;/m.1../s1. The number of hydrogen-bond acceptors (Lipinski definition) is 7. The third-order valence-electron chi connectivity index (χ3n) is 7.14. The molecule has 11 nitrogen and oxygen atoms in total. The molecule has 3 heterocycles. The predicted molar refractivity (Wildman–Crippen MR) is 160 cm³/mol. The molecular formula is C30H47F3N6O5. The highest BCUT2D eigenvalue weighted by Crippen LogP contribution is 2.27. The molecule has 0 saturated carbocycles. The minimum Gasteiger partial charge on any atom is -0.362 e. The first kappa shape index (κ1) is 40.3. The molecule has 1 fully saturated rings. The molecule has 44 heavy (non-hydrogen) atoms. The average Bonchev–Trinajstić information content (AvgIpc) is 3.43. The van der Waals surface area contributed by atoms with Crippen molar-refractivity contribution in [2.24, 2.45) is 23.0 Å². The van der Waals surface area contributed by atoms with E-state index in [1.54, 1.807) is 18.9 Å². The number of pyridine rings is 1. The normalized spacial score (nSPS) is 16.5. The van der Waals surface area contributed by atoms with Crippen LogP contribution in [-0.2, 0) is 38.6 Å². The van der Waals surface area contributed by atoms with Crippen LogP contribution >= 0.6 is 0 Å². The van der Waals surface area contributed by atoms with Crippen LogP contribution in [0.5, 0.6) is 0 Å². The molecule has 0 bridgehead atoms. The number of carbonyl (C=O) groups excluding carboxylic acids is 4. The maximum Gasteiger partial charge on any atom is 0.470 e. The monoisotopic (exact) mass is 628 g/mol. The summed E-state index contributed by atoms with van der Waals surface area (Å²) in [5.41, 5.74) is 6.22. The van der Waals surface area contributed by atoms with Crippen molar-refractivity contribution >= 4 is 24.5 Å². The summed E-state index contributed by atoms with van der Waals surface area (Å²) >= 11 is 0. The highest BCUT2D eigenvalue weighted by Gasteiger charge is 2.35. The summed E-state index contributed by atoms with van der Waals surface area (Å²) in [6.45, 7) is 17.5. The van der Waals surface area contributed by atoms with Gasteiger partial charge in [-0.3, -0.25) is 19.2 Å². The number of nitrogens with two attached hydrogens (primary N) is 1. The van der Waals surface area contributed by atoms with E-state index in [0.717, 1.165) is 24.3 Å². The fourth-order valence-corrected chi connectivity index (χ4v) is 4.53. The summed E-state index contributed by atoms with van der Waals surface area (Å²) < 4.78 is 32.1. The number of fused-ring (bicyclic) bond motifs is 1. The zero-order valence-electron chi connectivity index (χ0n) is 26.8. The van der Waals surface area contributed by atoms with Crippen molar-refractivity contribution in [3.8, 4) is 6.07 Å². The summed E-state index contributed by atoms with van der Waals surface area (Å²) in [6, 6.07) is 3.54. The first-order chi connectivity index (χ1) is 20.3. The van der Waals surface area contributed by atoms with Crippen LogP contribution in [0.25, 0.3) is 0 Å². The minimum atomic E-state index is -4.86. The molecule has 14 heteroatoms. The van der Waals surface area contributed by atoms with Crippen molar-refractivity contribution in [2.45, 2.75) is 86.0 Å². The number of primary amides is 1. The number of nitriles is 1. The van der Waals surface area contributed by atoms with Crippen molar-refractivity contribution < 1.29 is 32.3 Å². The number of carbonyl (C=O) groups is 4. The van der Waals surface area contributed by atoms with Gasteiger partial charge in [0.05, 0.1) is 12.1 Å². The summed E-state index contributed by atoms with van der Waals surface area (Å²) in [7, 11) is 1.69. The van der Waals surface area contributed by atoms with Gasteiger partial charge < -0.3 is 30.6 Å². The fraction of sp³-hybridized carbons (Fsp3) is 0.667. The topological polar surface area (TPSA) is 169 Å². The SMILES string of the molecule is C=O.CC(C)[C@@H]1CCN(C(=O)CC(C)(C)C)C1.CNC(C#N)Cc1cc2c([nH]c1=O)CCN(C(C)=O)C2.NC(=O)C(F)(F)F. The molecule has 248 valence electrons. The van der Waals surface area contributed by atoms with Gasteiger partial charge in [-0.2, -0.15) is 18.4 Å². The second-order valence-electron chi connectivity index (χ2n) is 12.2. The van der Waals surface area contributed by atoms with Gasteiger partial charge in [0.1, 0.15) is 6.79 Å². The van der Waals surface area contributed by atoms with Gasteiger partial charge in [0.2, 0.25) is 11.8 Å². The highest BCUT2D eigenvalue weighted by molar-refractivity contribution is 5.79. The lowest BCUT2D eigenvalue weighted by molar-refractivity contribution is -0.169. The van der Waals surface area contributed by atoms with Crippen LogP contribution in [0, 0.1) is 28.6 Å². The Balaban J connectivity index is 0.000000679. The number of nitrogens with zero attached hydrogens (tertiary/aromatic N) is 3. The van der Waals surface area contributed by atoms with Crippen molar-refractivity contribution in [3.63, 3.8) is 0 Å². The van der Waals surface area contributed by atoms with Crippen LogP contribution < -0.4 is 16.6 Å². The van der Waals surface area contributed by atoms with Gasteiger partial charge in [0.25, 0.3) is 5.56 Å². The van der Waals surface area contributed by atoms with E-state index in [1.807, 2.05) is 12.9 Å². The number of alkyl halides is 3. The first-order valence-electron chi connectivity index (χ1n) is 14.3. The molecular weight excluding hydrogens is 581 g/mol. The number of rotatable bonds is 5. The molecule has 3 amide bonds. The third-order valence-corrected chi connectivity index (χ3v) is 7.14. The first-order valence-corrected chi connectivity index (χ1v) is 14.3. The number of hydrogen-bond donors (Lipinski definition) is 3. The number of likely N-dealkylation sites (tertiary alicyclic amines) is 1. The summed E-state index contributed by atoms with van der Waals surface area (Å²) in [5, 5.41) is 11.8.